The van der Waals surface area contributed by atoms with Gasteiger partial charge in [0, 0.05) is 18.9 Å². The number of nitrogens with zero attached hydrogens (tertiary/aromatic N) is 3. The minimum atomic E-state index is 0.527. The highest BCUT2D eigenvalue weighted by atomic mass is 15.1. The highest BCUT2D eigenvalue weighted by molar-refractivity contribution is 5.10. The van der Waals surface area contributed by atoms with Crippen LogP contribution in [-0.2, 0) is 6.54 Å². The molecule has 4 heteroatoms. The summed E-state index contributed by atoms with van der Waals surface area (Å²) in [5, 5.41) is 12.2. The van der Waals surface area contributed by atoms with Crippen LogP contribution >= 0.6 is 0 Å². The summed E-state index contributed by atoms with van der Waals surface area (Å²) in [4.78, 5) is 3.98. The Bertz CT molecular complexity index is 344. The van der Waals surface area contributed by atoms with E-state index in [0.717, 1.165) is 32.0 Å². The molecule has 0 radical (unpaired) electrons. The number of hydrogen-bond acceptors (Lipinski definition) is 3. The van der Waals surface area contributed by atoms with Gasteiger partial charge in [-0.2, -0.15) is 5.26 Å². The topological polar surface area (TPSA) is 53.6 Å². The Morgan fingerprint density at radius 3 is 3.33 bits per heavy atom. The van der Waals surface area contributed by atoms with E-state index < -0.39 is 0 Å². The molecule has 1 aromatic rings. The predicted molar refractivity (Wildman–Crippen MR) is 57.2 cm³/mol. The zero-order valence-electron chi connectivity index (χ0n) is 8.82. The van der Waals surface area contributed by atoms with E-state index in [1.165, 1.54) is 12.8 Å². The molecule has 1 unspecified atom stereocenters. The summed E-state index contributed by atoms with van der Waals surface area (Å²) in [6, 6.07) is 2.10. The van der Waals surface area contributed by atoms with Gasteiger partial charge in [-0.25, -0.2) is 4.98 Å². The standard InChI is InChI=1S/C11H16N4/c12-8-11-14-5-7-15(11)6-3-10-2-1-4-13-9-10/h5,7,10,13H,1-4,6,9H2. The van der Waals surface area contributed by atoms with Gasteiger partial charge >= 0.3 is 0 Å². The molecule has 0 aliphatic carbocycles. The number of nitrogens with one attached hydrogen (secondary N) is 1. The van der Waals surface area contributed by atoms with E-state index in [1.54, 1.807) is 6.20 Å². The molecule has 2 rings (SSSR count). The number of hydrogen-bond donors (Lipinski definition) is 1. The normalized spacial score (nSPS) is 21.1. The lowest BCUT2D eigenvalue weighted by molar-refractivity contribution is 0.341. The Morgan fingerprint density at radius 2 is 2.60 bits per heavy atom. The van der Waals surface area contributed by atoms with Crippen LogP contribution in [0.4, 0.5) is 0 Å². The molecule has 1 atom stereocenters. The van der Waals surface area contributed by atoms with Crippen LogP contribution in [0.1, 0.15) is 25.1 Å². The molecule has 0 bridgehead atoms. The first-order chi connectivity index (χ1) is 7.40. The summed E-state index contributed by atoms with van der Waals surface area (Å²) in [5.41, 5.74) is 0. The number of piperidine rings is 1. The lowest BCUT2D eigenvalue weighted by atomic mass is 9.96. The van der Waals surface area contributed by atoms with E-state index in [2.05, 4.69) is 16.4 Å². The van der Waals surface area contributed by atoms with Crippen molar-refractivity contribution in [3.05, 3.63) is 18.2 Å². The number of aromatic nitrogens is 2. The Labute approximate surface area is 89.9 Å². The lowest BCUT2D eigenvalue weighted by Crippen LogP contribution is -2.30. The maximum absolute atomic E-state index is 8.80. The summed E-state index contributed by atoms with van der Waals surface area (Å²) in [6.45, 7) is 3.19. The van der Waals surface area contributed by atoms with Gasteiger partial charge in [-0.3, -0.25) is 0 Å². The lowest BCUT2D eigenvalue weighted by Gasteiger charge is -2.22. The molecule has 0 aromatic carbocycles. The Balaban J connectivity index is 1.85. The van der Waals surface area contributed by atoms with Crippen molar-refractivity contribution in [3.8, 4) is 6.07 Å². The van der Waals surface area contributed by atoms with Crippen LogP contribution in [0.3, 0.4) is 0 Å². The van der Waals surface area contributed by atoms with Gasteiger partial charge in [-0.1, -0.05) is 0 Å². The van der Waals surface area contributed by atoms with Crippen LogP contribution in [0.25, 0.3) is 0 Å². The highest BCUT2D eigenvalue weighted by Crippen LogP contribution is 2.15. The van der Waals surface area contributed by atoms with E-state index in [1.807, 2.05) is 10.8 Å². The first-order valence-corrected chi connectivity index (χ1v) is 5.52. The first-order valence-electron chi connectivity index (χ1n) is 5.52. The van der Waals surface area contributed by atoms with Gasteiger partial charge in [0.25, 0.3) is 0 Å². The zero-order valence-corrected chi connectivity index (χ0v) is 8.82. The van der Waals surface area contributed by atoms with Gasteiger partial charge in [-0.15, -0.1) is 0 Å². The van der Waals surface area contributed by atoms with Gasteiger partial charge in [0.1, 0.15) is 6.07 Å². The van der Waals surface area contributed by atoms with Crippen molar-refractivity contribution < 1.29 is 0 Å². The smallest absolute Gasteiger partial charge is 0.212 e. The molecular formula is C11H16N4. The number of aryl methyl sites for hydroxylation is 1. The van der Waals surface area contributed by atoms with E-state index >= 15 is 0 Å². The average Bonchev–Trinajstić information content (AvgIpc) is 2.75. The molecule has 0 spiro atoms. The summed E-state index contributed by atoms with van der Waals surface area (Å²) in [7, 11) is 0. The van der Waals surface area contributed by atoms with Gasteiger partial charge < -0.3 is 9.88 Å². The molecule has 1 aliphatic heterocycles. The van der Waals surface area contributed by atoms with Crippen molar-refractivity contribution in [2.24, 2.45) is 5.92 Å². The Hall–Kier alpha value is -1.34. The van der Waals surface area contributed by atoms with Gasteiger partial charge in [0.05, 0.1) is 0 Å². The van der Waals surface area contributed by atoms with E-state index in [4.69, 9.17) is 5.26 Å². The second kappa shape index (κ2) is 4.94. The van der Waals surface area contributed by atoms with Crippen LogP contribution < -0.4 is 5.32 Å². The molecule has 1 fully saturated rings. The Kier molecular flexibility index (Phi) is 3.36. The maximum Gasteiger partial charge on any atom is 0.212 e. The minimum Gasteiger partial charge on any atom is -0.323 e. The fraction of sp³-hybridized carbons (Fsp3) is 0.636. The molecular weight excluding hydrogens is 188 g/mol. The summed E-state index contributed by atoms with van der Waals surface area (Å²) >= 11 is 0. The van der Waals surface area contributed by atoms with E-state index in [0.29, 0.717) is 5.82 Å². The fourth-order valence-electron chi connectivity index (χ4n) is 2.09. The van der Waals surface area contributed by atoms with Crippen LogP contribution in [-0.4, -0.2) is 22.6 Å². The first kappa shape index (κ1) is 10.2. The van der Waals surface area contributed by atoms with Gasteiger partial charge in [0.15, 0.2) is 0 Å². The third kappa shape index (κ3) is 2.57. The zero-order chi connectivity index (χ0) is 10.5. The molecule has 1 saturated heterocycles. The van der Waals surface area contributed by atoms with Gasteiger partial charge in [-0.05, 0) is 38.3 Å². The Morgan fingerprint density at radius 1 is 1.67 bits per heavy atom. The van der Waals surface area contributed by atoms with Crippen molar-refractivity contribution in [3.63, 3.8) is 0 Å². The SMILES string of the molecule is N#Cc1nccn1CCC1CCCNC1. The quantitative estimate of drug-likeness (QED) is 0.803. The third-order valence-corrected chi connectivity index (χ3v) is 2.99. The number of imidazole rings is 1. The van der Waals surface area contributed by atoms with Crippen LogP contribution in [0.5, 0.6) is 0 Å². The molecule has 2 heterocycles. The van der Waals surface area contributed by atoms with Crippen molar-refractivity contribution in [2.45, 2.75) is 25.8 Å². The van der Waals surface area contributed by atoms with E-state index in [9.17, 15) is 0 Å². The minimum absolute atomic E-state index is 0.527. The van der Waals surface area contributed by atoms with Crippen molar-refractivity contribution in [1.82, 2.24) is 14.9 Å². The molecule has 80 valence electrons. The van der Waals surface area contributed by atoms with E-state index in [-0.39, 0.29) is 0 Å². The van der Waals surface area contributed by atoms with Gasteiger partial charge in [0.2, 0.25) is 5.82 Å². The van der Waals surface area contributed by atoms with Crippen molar-refractivity contribution in [2.75, 3.05) is 13.1 Å². The van der Waals surface area contributed by atoms with Crippen LogP contribution in [0.15, 0.2) is 12.4 Å². The molecule has 15 heavy (non-hydrogen) atoms. The van der Waals surface area contributed by atoms with Crippen LogP contribution in [0.2, 0.25) is 0 Å². The fourth-order valence-corrected chi connectivity index (χ4v) is 2.09. The largest absolute Gasteiger partial charge is 0.323 e. The summed E-state index contributed by atoms with van der Waals surface area (Å²) in [5.74, 6) is 1.28. The molecule has 0 amide bonds. The second-order valence-corrected chi connectivity index (χ2v) is 4.06. The monoisotopic (exact) mass is 204 g/mol. The maximum atomic E-state index is 8.80. The van der Waals surface area contributed by atoms with Crippen molar-refractivity contribution in [1.29, 1.82) is 5.26 Å². The van der Waals surface area contributed by atoms with Crippen molar-refractivity contribution >= 4 is 0 Å². The second-order valence-electron chi connectivity index (χ2n) is 4.06. The summed E-state index contributed by atoms with van der Waals surface area (Å²) < 4.78 is 1.94. The third-order valence-electron chi connectivity index (χ3n) is 2.99. The number of nitriles is 1. The molecule has 0 saturated carbocycles. The number of rotatable bonds is 3. The molecule has 4 nitrogen and oxygen atoms in total. The molecule has 1 aliphatic rings. The van der Waals surface area contributed by atoms with Crippen LogP contribution in [0, 0.1) is 17.2 Å². The molecule has 1 aromatic heterocycles. The molecule has 1 N–H and O–H groups in total. The highest BCUT2D eigenvalue weighted by Gasteiger charge is 2.13. The summed E-state index contributed by atoms with van der Waals surface area (Å²) in [6.07, 6.45) is 7.30. The average molecular weight is 204 g/mol. The predicted octanol–water partition coefficient (Wildman–Crippen LogP) is 1.14.